The smallest absolute Gasteiger partial charge is 0.220 e. The van der Waals surface area contributed by atoms with E-state index in [-0.39, 0.29) is 5.91 Å². The lowest BCUT2D eigenvalue weighted by Crippen LogP contribution is -2.22. The van der Waals surface area contributed by atoms with E-state index in [0.717, 1.165) is 30.1 Å². The van der Waals surface area contributed by atoms with Crippen molar-refractivity contribution in [1.29, 1.82) is 0 Å². The molecule has 0 aliphatic heterocycles. The van der Waals surface area contributed by atoms with Crippen LogP contribution in [0.5, 0.6) is 0 Å². The van der Waals surface area contributed by atoms with Crippen LogP contribution >= 0.6 is 0 Å². The minimum atomic E-state index is 0.0398. The van der Waals surface area contributed by atoms with Crippen LogP contribution in [0.2, 0.25) is 0 Å². The molecule has 5 heteroatoms. The molecule has 0 radical (unpaired) electrons. The standard InChI is InChI=1S/C14H19N3O2/c1-11-9-12(2)17(16-11)7-3-6-14(18)15-10-13-5-4-8-19-13/h4-5,8-9H,3,6-7,10H2,1-2H3,(H,15,18). The largest absolute Gasteiger partial charge is 0.467 e. The van der Waals surface area contributed by atoms with Gasteiger partial charge in [0.05, 0.1) is 18.5 Å². The second-order valence-corrected chi connectivity index (χ2v) is 4.61. The molecular formula is C14H19N3O2. The summed E-state index contributed by atoms with van der Waals surface area (Å²) in [6.45, 7) is 5.22. The van der Waals surface area contributed by atoms with Gasteiger partial charge >= 0.3 is 0 Å². The van der Waals surface area contributed by atoms with Gasteiger partial charge in [0, 0.05) is 18.7 Å². The highest BCUT2D eigenvalue weighted by atomic mass is 16.3. The Morgan fingerprint density at radius 2 is 2.32 bits per heavy atom. The van der Waals surface area contributed by atoms with Crippen molar-refractivity contribution in [3.8, 4) is 0 Å². The third kappa shape index (κ3) is 3.98. The zero-order chi connectivity index (χ0) is 13.7. The van der Waals surface area contributed by atoms with Gasteiger partial charge in [-0.3, -0.25) is 9.48 Å². The van der Waals surface area contributed by atoms with Crippen molar-refractivity contribution >= 4 is 5.91 Å². The van der Waals surface area contributed by atoms with E-state index in [1.807, 2.05) is 36.7 Å². The molecule has 102 valence electrons. The molecule has 0 bridgehead atoms. The predicted molar refractivity (Wildman–Crippen MR) is 71.5 cm³/mol. The molecule has 0 atom stereocenters. The van der Waals surface area contributed by atoms with Crippen molar-refractivity contribution in [2.75, 3.05) is 0 Å². The molecule has 2 aromatic rings. The molecule has 2 heterocycles. The summed E-state index contributed by atoms with van der Waals surface area (Å²) in [5.74, 6) is 0.810. The highest BCUT2D eigenvalue weighted by Gasteiger charge is 2.04. The Balaban J connectivity index is 1.68. The summed E-state index contributed by atoms with van der Waals surface area (Å²) in [6, 6.07) is 5.69. The fourth-order valence-electron chi connectivity index (χ4n) is 1.98. The molecule has 1 amide bonds. The van der Waals surface area contributed by atoms with Crippen LogP contribution in [0.1, 0.15) is 30.0 Å². The lowest BCUT2D eigenvalue weighted by Gasteiger charge is -2.05. The second-order valence-electron chi connectivity index (χ2n) is 4.61. The van der Waals surface area contributed by atoms with E-state index in [9.17, 15) is 4.79 Å². The van der Waals surface area contributed by atoms with Crippen molar-refractivity contribution < 1.29 is 9.21 Å². The average molecular weight is 261 g/mol. The molecular weight excluding hydrogens is 242 g/mol. The maximum absolute atomic E-state index is 11.6. The van der Waals surface area contributed by atoms with E-state index >= 15 is 0 Å². The summed E-state index contributed by atoms with van der Waals surface area (Å²) in [5.41, 5.74) is 2.15. The van der Waals surface area contributed by atoms with Gasteiger partial charge in [-0.2, -0.15) is 5.10 Å². The number of aromatic nitrogens is 2. The number of hydrogen-bond donors (Lipinski definition) is 1. The highest BCUT2D eigenvalue weighted by molar-refractivity contribution is 5.75. The van der Waals surface area contributed by atoms with E-state index in [0.29, 0.717) is 13.0 Å². The average Bonchev–Trinajstić information content (AvgIpc) is 2.97. The maximum atomic E-state index is 11.6. The minimum absolute atomic E-state index is 0.0398. The maximum Gasteiger partial charge on any atom is 0.220 e. The molecule has 0 unspecified atom stereocenters. The Bertz CT molecular complexity index is 529. The topological polar surface area (TPSA) is 60.1 Å². The Morgan fingerprint density at radius 3 is 2.95 bits per heavy atom. The monoisotopic (exact) mass is 261 g/mol. The molecule has 0 fully saturated rings. The van der Waals surface area contributed by atoms with E-state index in [2.05, 4.69) is 10.4 Å². The molecule has 0 spiro atoms. The van der Waals surface area contributed by atoms with Crippen LogP contribution < -0.4 is 5.32 Å². The van der Waals surface area contributed by atoms with Gasteiger partial charge in [0.1, 0.15) is 5.76 Å². The number of nitrogens with one attached hydrogen (secondary N) is 1. The van der Waals surface area contributed by atoms with Gasteiger partial charge in [0.2, 0.25) is 5.91 Å². The number of aryl methyl sites for hydroxylation is 3. The van der Waals surface area contributed by atoms with Crippen LogP contribution in [0, 0.1) is 13.8 Å². The Morgan fingerprint density at radius 1 is 1.47 bits per heavy atom. The van der Waals surface area contributed by atoms with Crippen molar-refractivity contribution in [3.05, 3.63) is 41.6 Å². The molecule has 5 nitrogen and oxygen atoms in total. The van der Waals surface area contributed by atoms with Crippen molar-refractivity contribution in [2.45, 2.75) is 39.8 Å². The number of amides is 1. The normalized spacial score (nSPS) is 10.6. The summed E-state index contributed by atoms with van der Waals surface area (Å²) >= 11 is 0. The molecule has 0 saturated carbocycles. The van der Waals surface area contributed by atoms with Gasteiger partial charge < -0.3 is 9.73 Å². The van der Waals surface area contributed by atoms with Crippen LogP contribution in [0.4, 0.5) is 0 Å². The molecule has 19 heavy (non-hydrogen) atoms. The van der Waals surface area contributed by atoms with Crippen molar-refractivity contribution in [2.24, 2.45) is 0 Å². The van der Waals surface area contributed by atoms with E-state index in [4.69, 9.17) is 4.42 Å². The molecule has 1 N–H and O–H groups in total. The zero-order valence-corrected chi connectivity index (χ0v) is 11.3. The molecule has 0 aliphatic rings. The Labute approximate surface area is 112 Å². The summed E-state index contributed by atoms with van der Waals surface area (Å²) < 4.78 is 7.09. The first kappa shape index (κ1) is 13.4. The number of hydrogen-bond acceptors (Lipinski definition) is 3. The predicted octanol–water partition coefficient (Wildman–Crippen LogP) is 2.19. The lowest BCUT2D eigenvalue weighted by atomic mass is 10.3. The Hall–Kier alpha value is -2.04. The first-order valence-corrected chi connectivity index (χ1v) is 6.45. The second kappa shape index (κ2) is 6.22. The van der Waals surface area contributed by atoms with Crippen molar-refractivity contribution in [1.82, 2.24) is 15.1 Å². The van der Waals surface area contributed by atoms with Crippen LogP contribution in [0.3, 0.4) is 0 Å². The third-order valence-electron chi connectivity index (χ3n) is 2.92. The van der Waals surface area contributed by atoms with E-state index in [1.165, 1.54) is 0 Å². The zero-order valence-electron chi connectivity index (χ0n) is 11.3. The fraction of sp³-hybridized carbons (Fsp3) is 0.429. The number of furan rings is 1. The first-order valence-electron chi connectivity index (χ1n) is 6.45. The van der Waals surface area contributed by atoms with Crippen LogP contribution in [-0.2, 0) is 17.9 Å². The third-order valence-corrected chi connectivity index (χ3v) is 2.92. The van der Waals surface area contributed by atoms with Crippen LogP contribution in [0.15, 0.2) is 28.9 Å². The minimum Gasteiger partial charge on any atom is -0.467 e. The van der Waals surface area contributed by atoms with Crippen molar-refractivity contribution in [3.63, 3.8) is 0 Å². The summed E-state index contributed by atoms with van der Waals surface area (Å²) in [5, 5.41) is 7.19. The van der Waals surface area contributed by atoms with Gasteiger partial charge in [0.25, 0.3) is 0 Å². The molecule has 2 rings (SSSR count). The number of carbonyl (C=O) groups excluding carboxylic acids is 1. The summed E-state index contributed by atoms with van der Waals surface area (Å²) in [4.78, 5) is 11.6. The SMILES string of the molecule is Cc1cc(C)n(CCCC(=O)NCc2ccco2)n1. The van der Waals surface area contributed by atoms with Crippen LogP contribution in [-0.4, -0.2) is 15.7 Å². The van der Waals surface area contributed by atoms with Gasteiger partial charge in [-0.05, 0) is 38.5 Å². The quantitative estimate of drug-likeness (QED) is 0.867. The van der Waals surface area contributed by atoms with Gasteiger partial charge in [0.15, 0.2) is 0 Å². The first-order chi connectivity index (χ1) is 9.15. The Kier molecular flexibility index (Phi) is 4.39. The highest BCUT2D eigenvalue weighted by Crippen LogP contribution is 2.04. The molecule has 0 aliphatic carbocycles. The van der Waals surface area contributed by atoms with E-state index < -0.39 is 0 Å². The van der Waals surface area contributed by atoms with Gasteiger partial charge in [-0.25, -0.2) is 0 Å². The molecule has 0 saturated heterocycles. The lowest BCUT2D eigenvalue weighted by molar-refractivity contribution is -0.121. The summed E-state index contributed by atoms with van der Waals surface area (Å²) in [7, 11) is 0. The molecule has 0 aromatic carbocycles. The number of rotatable bonds is 6. The summed E-state index contributed by atoms with van der Waals surface area (Å²) in [6.07, 6.45) is 2.88. The van der Waals surface area contributed by atoms with Gasteiger partial charge in [-0.1, -0.05) is 0 Å². The van der Waals surface area contributed by atoms with E-state index in [1.54, 1.807) is 6.26 Å². The number of carbonyl (C=O) groups is 1. The molecule has 2 aromatic heterocycles. The van der Waals surface area contributed by atoms with Crippen LogP contribution in [0.25, 0.3) is 0 Å². The number of nitrogens with zero attached hydrogens (tertiary/aromatic N) is 2. The fourth-order valence-corrected chi connectivity index (χ4v) is 1.98. The van der Waals surface area contributed by atoms with Gasteiger partial charge in [-0.15, -0.1) is 0 Å².